The minimum atomic E-state index is -0.433. The monoisotopic (exact) mass is 450 g/mol. The number of ketones is 1. The van der Waals surface area contributed by atoms with Crippen molar-refractivity contribution in [3.05, 3.63) is 118 Å². The number of carbonyl (C=O) groups excluding carboxylic acids is 2. The molecule has 162 valence electrons. The molecular formula is C29H22O3S. The summed E-state index contributed by atoms with van der Waals surface area (Å²) < 4.78 is 5.79. The van der Waals surface area contributed by atoms with Crippen molar-refractivity contribution in [3.63, 3.8) is 0 Å². The van der Waals surface area contributed by atoms with E-state index in [9.17, 15) is 9.59 Å². The quantitative estimate of drug-likeness (QED) is 0.157. The van der Waals surface area contributed by atoms with Crippen molar-refractivity contribution < 1.29 is 14.3 Å². The molecule has 4 aromatic carbocycles. The van der Waals surface area contributed by atoms with Gasteiger partial charge in [0.1, 0.15) is 6.61 Å². The summed E-state index contributed by atoms with van der Waals surface area (Å²) in [5, 5.41) is 6.32. The number of hydrogen-bond donors (Lipinski definition) is 0. The Balaban J connectivity index is 1.35. The topological polar surface area (TPSA) is 43.4 Å². The second kappa shape index (κ2) is 9.00. The first kappa shape index (κ1) is 21.1. The van der Waals surface area contributed by atoms with Gasteiger partial charge in [0.2, 0.25) is 5.78 Å². The normalized spacial score (nSPS) is 12.0. The minimum absolute atomic E-state index is 0.00499. The zero-order chi connectivity index (χ0) is 22.8. The molecule has 4 heteroatoms. The molecule has 1 aromatic heterocycles. The van der Waals surface area contributed by atoms with E-state index in [-0.39, 0.29) is 18.4 Å². The fourth-order valence-electron chi connectivity index (χ4n) is 4.14. The highest BCUT2D eigenvalue weighted by molar-refractivity contribution is 7.12. The van der Waals surface area contributed by atoms with Crippen LogP contribution in [-0.4, -0.2) is 11.8 Å². The summed E-state index contributed by atoms with van der Waals surface area (Å²) in [6.07, 6.45) is 0. The summed E-state index contributed by atoms with van der Waals surface area (Å²) in [4.78, 5) is 26.1. The molecule has 0 saturated heterocycles. The van der Waals surface area contributed by atoms with E-state index in [1.165, 1.54) is 11.3 Å². The van der Waals surface area contributed by atoms with E-state index >= 15 is 0 Å². The van der Waals surface area contributed by atoms with Gasteiger partial charge in [-0.25, -0.2) is 0 Å². The Morgan fingerprint density at radius 1 is 0.818 bits per heavy atom. The van der Waals surface area contributed by atoms with Crippen molar-refractivity contribution in [2.24, 2.45) is 0 Å². The first-order valence-electron chi connectivity index (χ1n) is 10.9. The third-order valence-electron chi connectivity index (χ3n) is 6.01. The van der Waals surface area contributed by atoms with Gasteiger partial charge in [0.05, 0.1) is 10.8 Å². The number of fused-ring (bicyclic) bond motifs is 2. The van der Waals surface area contributed by atoms with Crippen molar-refractivity contribution in [2.45, 2.75) is 19.4 Å². The van der Waals surface area contributed by atoms with Crippen LogP contribution in [0, 0.1) is 0 Å². The van der Waals surface area contributed by atoms with Gasteiger partial charge in [-0.2, -0.15) is 0 Å². The number of esters is 1. The molecule has 3 nitrogen and oxygen atoms in total. The van der Waals surface area contributed by atoms with Gasteiger partial charge < -0.3 is 4.74 Å². The van der Waals surface area contributed by atoms with Crippen LogP contribution in [0.2, 0.25) is 0 Å². The number of benzene rings is 4. The van der Waals surface area contributed by atoms with Crippen LogP contribution in [-0.2, 0) is 16.1 Å². The first-order valence-corrected chi connectivity index (χ1v) is 11.7. The standard InChI is InChI=1S/C29H22O3S/c1-19(20-12-14-21(15-13-20)28(30)27-11-6-16-33-27)29(31)32-18-26-24-9-4-2-7-22(24)17-23-8-3-5-10-25(23)26/h2-17,19H,18H2,1H3. The molecule has 0 bridgehead atoms. The van der Waals surface area contributed by atoms with Gasteiger partial charge in [0.15, 0.2) is 0 Å². The van der Waals surface area contributed by atoms with Gasteiger partial charge >= 0.3 is 5.97 Å². The fourth-order valence-corrected chi connectivity index (χ4v) is 4.83. The van der Waals surface area contributed by atoms with E-state index in [0.29, 0.717) is 10.4 Å². The molecule has 5 aromatic rings. The molecule has 33 heavy (non-hydrogen) atoms. The molecule has 0 spiro atoms. The Bertz CT molecular complexity index is 1400. The summed E-state index contributed by atoms with van der Waals surface area (Å²) in [5.41, 5.74) is 2.45. The molecule has 0 saturated carbocycles. The third kappa shape index (κ3) is 4.18. The molecule has 0 N–H and O–H groups in total. The van der Waals surface area contributed by atoms with Crippen LogP contribution >= 0.6 is 11.3 Å². The maximum Gasteiger partial charge on any atom is 0.313 e. The summed E-state index contributed by atoms with van der Waals surface area (Å²) in [7, 11) is 0. The van der Waals surface area contributed by atoms with Gasteiger partial charge in [-0.1, -0.05) is 78.9 Å². The molecule has 0 aliphatic heterocycles. The molecule has 0 radical (unpaired) electrons. The number of rotatable bonds is 6. The highest BCUT2D eigenvalue weighted by Crippen LogP contribution is 2.30. The maximum atomic E-state index is 12.9. The first-order chi connectivity index (χ1) is 16.1. The molecule has 0 amide bonds. The van der Waals surface area contributed by atoms with Crippen molar-refractivity contribution in [1.29, 1.82) is 0 Å². The largest absolute Gasteiger partial charge is 0.460 e. The van der Waals surface area contributed by atoms with Crippen LogP contribution in [0.1, 0.15) is 39.2 Å². The Morgan fingerprint density at radius 3 is 2.06 bits per heavy atom. The zero-order valence-electron chi connectivity index (χ0n) is 18.2. The van der Waals surface area contributed by atoms with Gasteiger partial charge in [-0.3, -0.25) is 9.59 Å². The predicted molar refractivity (Wildman–Crippen MR) is 134 cm³/mol. The summed E-state index contributed by atoms with van der Waals surface area (Å²) in [6, 6.07) is 29.4. The SMILES string of the molecule is CC(C(=O)OCc1c2ccccc2cc2ccccc12)c1ccc(C(=O)c2cccs2)cc1. The highest BCUT2D eigenvalue weighted by Gasteiger charge is 2.19. The van der Waals surface area contributed by atoms with E-state index < -0.39 is 5.92 Å². The zero-order valence-corrected chi connectivity index (χ0v) is 19.0. The Labute approximate surface area is 196 Å². The molecule has 0 aliphatic rings. The van der Waals surface area contributed by atoms with E-state index in [4.69, 9.17) is 4.74 Å². The van der Waals surface area contributed by atoms with Crippen molar-refractivity contribution in [1.82, 2.24) is 0 Å². The summed E-state index contributed by atoms with van der Waals surface area (Å²) >= 11 is 1.42. The average Bonchev–Trinajstić information content (AvgIpc) is 3.40. The fraction of sp³-hybridized carbons (Fsp3) is 0.103. The van der Waals surface area contributed by atoms with Crippen molar-refractivity contribution in [2.75, 3.05) is 0 Å². The molecule has 5 rings (SSSR count). The average molecular weight is 451 g/mol. The van der Waals surface area contributed by atoms with Crippen LogP contribution in [0.15, 0.2) is 96.4 Å². The Hall–Kier alpha value is -3.76. The summed E-state index contributed by atoms with van der Waals surface area (Å²) in [5.74, 6) is -0.726. The number of hydrogen-bond acceptors (Lipinski definition) is 4. The van der Waals surface area contributed by atoms with E-state index in [1.807, 2.05) is 60.8 Å². The van der Waals surface area contributed by atoms with E-state index in [2.05, 4.69) is 30.3 Å². The molecule has 0 fully saturated rings. The molecule has 1 atom stereocenters. The van der Waals surface area contributed by atoms with E-state index in [1.54, 1.807) is 12.1 Å². The Morgan fingerprint density at radius 2 is 1.45 bits per heavy atom. The van der Waals surface area contributed by atoms with Crippen molar-refractivity contribution >= 4 is 44.6 Å². The number of carbonyl (C=O) groups is 2. The lowest BCUT2D eigenvalue weighted by Gasteiger charge is -2.15. The van der Waals surface area contributed by atoms with Crippen LogP contribution in [0.5, 0.6) is 0 Å². The second-order valence-electron chi connectivity index (χ2n) is 8.06. The highest BCUT2D eigenvalue weighted by atomic mass is 32.1. The summed E-state index contributed by atoms with van der Waals surface area (Å²) in [6.45, 7) is 2.04. The smallest absolute Gasteiger partial charge is 0.313 e. The van der Waals surface area contributed by atoms with Gasteiger partial charge in [-0.05, 0) is 51.5 Å². The van der Waals surface area contributed by atoms with Crippen molar-refractivity contribution in [3.8, 4) is 0 Å². The van der Waals surface area contributed by atoms with Gasteiger partial charge in [-0.15, -0.1) is 11.3 Å². The Kier molecular flexibility index (Phi) is 5.76. The second-order valence-corrected chi connectivity index (χ2v) is 9.00. The van der Waals surface area contributed by atoms with Gasteiger partial charge in [0.25, 0.3) is 0 Å². The third-order valence-corrected chi connectivity index (χ3v) is 6.88. The lowest BCUT2D eigenvalue weighted by Crippen LogP contribution is -2.13. The molecule has 0 aliphatic carbocycles. The van der Waals surface area contributed by atoms with E-state index in [0.717, 1.165) is 32.7 Å². The molecule has 1 unspecified atom stereocenters. The van der Waals surface area contributed by atoms with Crippen LogP contribution < -0.4 is 0 Å². The van der Waals surface area contributed by atoms with Crippen LogP contribution in [0.4, 0.5) is 0 Å². The minimum Gasteiger partial charge on any atom is -0.460 e. The molecular weight excluding hydrogens is 428 g/mol. The number of thiophene rings is 1. The van der Waals surface area contributed by atoms with Crippen LogP contribution in [0.3, 0.4) is 0 Å². The molecule has 1 heterocycles. The lowest BCUT2D eigenvalue weighted by atomic mass is 9.97. The number of ether oxygens (including phenoxy) is 1. The maximum absolute atomic E-state index is 12.9. The lowest BCUT2D eigenvalue weighted by molar-refractivity contribution is -0.146. The van der Waals surface area contributed by atoms with Crippen LogP contribution in [0.25, 0.3) is 21.5 Å². The predicted octanol–water partition coefficient (Wildman–Crippen LogP) is 7.13. The van der Waals surface area contributed by atoms with Gasteiger partial charge in [0, 0.05) is 11.1 Å².